The first-order chi connectivity index (χ1) is 7.69. The number of nitrogens with zero attached hydrogens (tertiary/aromatic N) is 2. The van der Waals surface area contributed by atoms with E-state index in [1.165, 1.54) is 0 Å². The van der Waals surface area contributed by atoms with E-state index in [-0.39, 0.29) is 5.38 Å². The van der Waals surface area contributed by atoms with Crippen molar-refractivity contribution in [1.82, 2.24) is 9.78 Å². The van der Waals surface area contributed by atoms with Crippen molar-refractivity contribution in [3.05, 3.63) is 16.9 Å². The summed E-state index contributed by atoms with van der Waals surface area (Å²) >= 11 is 12.2. The summed E-state index contributed by atoms with van der Waals surface area (Å²) in [5, 5.41) is 5.15. The summed E-state index contributed by atoms with van der Waals surface area (Å²) in [7, 11) is 1.68. The van der Waals surface area contributed by atoms with E-state index in [9.17, 15) is 0 Å². The van der Waals surface area contributed by atoms with Crippen LogP contribution in [-0.4, -0.2) is 28.9 Å². The van der Waals surface area contributed by atoms with Crippen molar-refractivity contribution in [3.8, 4) is 0 Å². The van der Waals surface area contributed by atoms with Crippen molar-refractivity contribution in [3.63, 3.8) is 0 Å². The Morgan fingerprint density at radius 2 is 2.31 bits per heavy atom. The van der Waals surface area contributed by atoms with Crippen LogP contribution in [-0.2, 0) is 17.7 Å². The third kappa shape index (κ3) is 3.96. The molecule has 0 saturated heterocycles. The molecule has 16 heavy (non-hydrogen) atoms. The van der Waals surface area contributed by atoms with Gasteiger partial charge in [0.15, 0.2) is 0 Å². The largest absolute Gasteiger partial charge is 0.383 e. The average molecular weight is 265 g/mol. The molecule has 1 atom stereocenters. The molecule has 1 unspecified atom stereocenters. The SMILES string of the molecule is CCC(Cl)CCc1c(Cl)cnn1CCOC. The van der Waals surface area contributed by atoms with Gasteiger partial charge in [0.25, 0.3) is 0 Å². The van der Waals surface area contributed by atoms with Gasteiger partial charge in [0.1, 0.15) is 0 Å². The maximum atomic E-state index is 6.09. The molecule has 0 N–H and O–H groups in total. The summed E-state index contributed by atoms with van der Waals surface area (Å²) in [6, 6.07) is 0. The second kappa shape index (κ2) is 7.15. The number of halogens is 2. The molecule has 1 aromatic heterocycles. The van der Waals surface area contributed by atoms with Crippen LogP contribution in [0.4, 0.5) is 0 Å². The Kier molecular flexibility index (Phi) is 6.17. The van der Waals surface area contributed by atoms with Crippen LogP contribution < -0.4 is 0 Å². The minimum absolute atomic E-state index is 0.210. The normalized spacial score (nSPS) is 13.0. The molecule has 5 heteroatoms. The van der Waals surface area contributed by atoms with Gasteiger partial charge in [0, 0.05) is 12.5 Å². The predicted octanol–water partition coefficient (Wildman–Crippen LogP) is 3.13. The fourth-order valence-corrected chi connectivity index (χ4v) is 1.85. The number of hydrogen-bond acceptors (Lipinski definition) is 2. The third-order valence-electron chi connectivity index (χ3n) is 2.54. The zero-order valence-electron chi connectivity index (χ0n) is 9.75. The molecule has 92 valence electrons. The lowest BCUT2D eigenvalue weighted by molar-refractivity contribution is 0.182. The smallest absolute Gasteiger partial charge is 0.0817 e. The Morgan fingerprint density at radius 1 is 1.56 bits per heavy atom. The van der Waals surface area contributed by atoms with Crippen LogP contribution in [0.3, 0.4) is 0 Å². The van der Waals surface area contributed by atoms with E-state index in [0.717, 1.165) is 36.5 Å². The molecule has 0 spiro atoms. The van der Waals surface area contributed by atoms with Crippen LogP contribution in [0.25, 0.3) is 0 Å². The monoisotopic (exact) mass is 264 g/mol. The maximum absolute atomic E-state index is 6.09. The Bertz CT molecular complexity index is 315. The van der Waals surface area contributed by atoms with Crippen molar-refractivity contribution in [1.29, 1.82) is 0 Å². The predicted molar refractivity (Wildman–Crippen MR) is 67.4 cm³/mol. The number of hydrogen-bond donors (Lipinski definition) is 0. The third-order valence-corrected chi connectivity index (χ3v) is 3.38. The van der Waals surface area contributed by atoms with Gasteiger partial charge in [-0.05, 0) is 19.3 Å². The second-order valence-electron chi connectivity index (χ2n) is 3.70. The number of methoxy groups -OCH3 is 1. The van der Waals surface area contributed by atoms with E-state index in [1.54, 1.807) is 13.3 Å². The Balaban J connectivity index is 2.58. The molecule has 1 rings (SSSR count). The van der Waals surface area contributed by atoms with Gasteiger partial charge < -0.3 is 4.74 Å². The molecule has 0 radical (unpaired) electrons. The molecular formula is C11H18Cl2N2O. The summed E-state index contributed by atoms with van der Waals surface area (Å²) in [5.41, 5.74) is 1.05. The number of aromatic nitrogens is 2. The highest BCUT2D eigenvalue weighted by molar-refractivity contribution is 6.31. The fraction of sp³-hybridized carbons (Fsp3) is 0.727. The molecule has 3 nitrogen and oxygen atoms in total. The van der Waals surface area contributed by atoms with Crippen LogP contribution in [0.1, 0.15) is 25.5 Å². The standard InChI is InChI=1S/C11H18Cl2N2O/c1-3-9(12)4-5-11-10(13)8-14-15(11)6-7-16-2/h8-9H,3-7H2,1-2H3. The van der Waals surface area contributed by atoms with Gasteiger partial charge in [-0.3, -0.25) is 4.68 Å². The number of alkyl halides is 1. The van der Waals surface area contributed by atoms with Crippen LogP contribution in [0.15, 0.2) is 6.20 Å². The van der Waals surface area contributed by atoms with Crippen molar-refractivity contribution < 1.29 is 4.74 Å². The van der Waals surface area contributed by atoms with Gasteiger partial charge in [-0.1, -0.05) is 18.5 Å². The Labute approximate surface area is 107 Å². The van der Waals surface area contributed by atoms with Crippen molar-refractivity contribution >= 4 is 23.2 Å². The van der Waals surface area contributed by atoms with E-state index in [4.69, 9.17) is 27.9 Å². The molecule has 0 aliphatic heterocycles. The highest BCUT2D eigenvalue weighted by Crippen LogP contribution is 2.19. The van der Waals surface area contributed by atoms with Gasteiger partial charge in [0.2, 0.25) is 0 Å². The minimum Gasteiger partial charge on any atom is -0.383 e. The van der Waals surface area contributed by atoms with Gasteiger partial charge in [-0.2, -0.15) is 5.10 Å². The molecular weight excluding hydrogens is 247 g/mol. The average Bonchev–Trinajstić information content (AvgIpc) is 2.64. The van der Waals surface area contributed by atoms with Gasteiger partial charge in [-0.15, -0.1) is 11.6 Å². The van der Waals surface area contributed by atoms with Crippen molar-refractivity contribution in [2.24, 2.45) is 0 Å². The quantitative estimate of drug-likeness (QED) is 0.708. The summed E-state index contributed by atoms with van der Waals surface area (Å²) in [5.74, 6) is 0. The molecule has 0 amide bonds. The first-order valence-corrected chi connectivity index (χ1v) is 6.33. The van der Waals surface area contributed by atoms with E-state index < -0.39 is 0 Å². The molecule has 0 aliphatic rings. The van der Waals surface area contributed by atoms with Crippen LogP contribution in [0, 0.1) is 0 Å². The highest BCUT2D eigenvalue weighted by Gasteiger charge is 2.11. The molecule has 1 aromatic rings. The number of rotatable bonds is 7. The van der Waals surface area contributed by atoms with Crippen LogP contribution >= 0.6 is 23.2 Å². The molecule has 1 heterocycles. The lowest BCUT2D eigenvalue weighted by Gasteiger charge is -2.09. The molecule has 0 bridgehead atoms. The second-order valence-corrected chi connectivity index (χ2v) is 4.72. The summed E-state index contributed by atoms with van der Waals surface area (Å²) < 4.78 is 6.92. The summed E-state index contributed by atoms with van der Waals surface area (Å²) in [6.07, 6.45) is 4.45. The van der Waals surface area contributed by atoms with Gasteiger partial charge in [0.05, 0.1) is 30.1 Å². The van der Waals surface area contributed by atoms with E-state index >= 15 is 0 Å². The lowest BCUT2D eigenvalue weighted by Crippen LogP contribution is -2.11. The Hall–Kier alpha value is -0.250. The summed E-state index contributed by atoms with van der Waals surface area (Å²) in [6.45, 7) is 3.46. The van der Waals surface area contributed by atoms with E-state index in [0.29, 0.717) is 6.61 Å². The summed E-state index contributed by atoms with van der Waals surface area (Å²) in [4.78, 5) is 0. The van der Waals surface area contributed by atoms with Crippen molar-refractivity contribution in [2.75, 3.05) is 13.7 Å². The van der Waals surface area contributed by atoms with E-state index in [1.807, 2.05) is 4.68 Å². The fourth-order valence-electron chi connectivity index (χ4n) is 1.50. The maximum Gasteiger partial charge on any atom is 0.0817 e. The lowest BCUT2D eigenvalue weighted by atomic mass is 10.1. The molecule has 0 saturated carbocycles. The topological polar surface area (TPSA) is 27.1 Å². The van der Waals surface area contributed by atoms with Crippen LogP contribution in [0.2, 0.25) is 5.02 Å². The van der Waals surface area contributed by atoms with Crippen molar-refractivity contribution in [2.45, 2.75) is 38.1 Å². The number of ether oxygens (including phenoxy) is 1. The molecule has 0 fully saturated rings. The first-order valence-electron chi connectivity index (χ1n) is 5.52. The minimum atomic E-state index is 0.210. The first kappa shape index (κ1) is 13.8. The molecule has 0 aliphatic carbocycles. The molecule has 0 aromatic carbocycles. The van der Waals surface area contributed by atoms with Gasteiger partial charge in [-0.25, -0.2) is 0 Å². The van der Waals surface area contributed by atoms with Gasteiger partial charge >= 0.3 is 0 Å². The van der Waals surface area contributed by atoms with E-state index in [2.05, 4.69) is 12.0 Å². The highest BCUT2D eigenvalue weighted by atomic mass is 35.5. The Morgan fingerprint density at radius 3 is 2.94 bits per heavy atom. The zero-order valence-corrected chi connectivity index (χ0v) is 11.3. The van der Waals surface area contributed by atoms with Crippen LogP contribution in [0.5, 0.6) is 0 Å². The zero-order chi connectivity index (χ0) is 12.0.